The minimum Gasteiger partial charge on any atom is -0.485 e. The Labute approximate surface area is 237 Å². The molecule has 8 nitrogen and oxygen atoms in total. The quantitative estimate of drug-likeness (QED) is 0.344. The summed E-state index contributed by atoms with van der Waals surface area (Å²) in [4.78, 5) is 30.8. The first-order valence-electron chi connectivity index (χ1n) is 11.8. The van der Waals surface area contributed by atoms with Crippen LogP contribution in [-0.4, -0.2) is 41.0 Å². The number of hydrogen-bond donors (Lipinski definition) is 2. The van der Waals surface area contributed by atoms with Gasteiger partial charge in [0.2, 0.25) is 5.91 Å². The van der Waals surface area contributed by atoms with Gasteiger partial charge in [0.25, 0.3) is 0 Å². The number of amides is 3. The molecule has 37 heavy (non-hydrogen) atoms. The van der Waals surface area contributed by atoms with Crippen molar-refractivity contribution < 1.29 is 14.3 Å². The van der Waals surface area contributed by atoms with Crippen LogP contribution in [0.2, 0.25) is 15.2 Å². The van der Waals surface area contributed by atoms with Crippen molar-refractivity contribution in [2.75, 3.05) is 18.5 Å². The van der Waals surface area contributed by atoms with Crippen molar-refractivity contribution in [2.24, 2.45) is 0 Å². The van der Waals surface area contributed by atoms with Crippen LogP contribution in [0.3, 0.4) is 0 Å². The smallest absolute Gasteiger partial charge is 0.315 e. The molecular formula is C25H29Cl4N5O3. The van der Waals surface area contributed by atoms with Gasteiger partial charge in [-0.15, -0.1) is 12.4 Å². The average molecular weight is 589 g/mol. The van der Waals surface area contributed by atoms with Crippen molar-refractivity contribution in [3.63, 3.8) is 0 Å². The van der Waals surface area contributed by atoms with Crippen LogP contribution >= 0.6 is 47.2 Å². The van der Waals surface area contributed by atoms with Gasteiger partial charge in [-0.25, -0.2) is 9.78 Å². The zero-order valence-corrected chi connectivity index (χ0v) is 23.6. The fraction of sp³-hybridized carbons (Fsp3) is 0.400. The number of carbonyl (C=O) groups is 2. The van der Waals surface area contributed by atoms with Gasteiger partial charge in [0.05, 0.1) is 22.9 Å². The van der Waals surface area contributed by atoms with E-state index in [0.717, 1.165) is 25.7 Å². The van der Waals surface area contributed by atoms with Crippen LogP contribution in [0.25, 0.3) is 5.65 Å². The monoisotopic (exact) mass is 587 g/mol. The predicted octanol–water partition coefficient (Wildman–Crippen LogP) is 6.20. The summed E-state index contributed by atoms with van der Waals surface area (Å²) >= 11 is 19.4. The number of ether oxygens (including phenoxy) is 1. The fourth-order valence-corrected chi connectivity index (χ4v) is 5.04. The van der Waals surface area contributed by atoms with E-state index in [-0.39, 0.29) is 48.6 Å². The van der Waals surface area contributed by atoms with Crippen molar-refractivity contribution in [3.05, 3.63) is 56.9 Å². The summed E-state index contributed by atoms with van der Waals surface area (Å²) in [5, 5.41) is 6.77. The third-order valence-corrected chi connectivity index (χ3v) is 7.56. The summed E-state index contributed by atoms with van der Waals surface area (Å²) in [7, 11) is 1.60. The van der Waals surface area contributed by atoms with Gasteiger partial charge in [-0.2, -0.15) is 0 Å². The maximum Gasteiger partial charge on any atom is 0.315 e. The van der Waals surface area contributed by atoms with E-state index in [0.29, 0.717) is 38.5 Å². The molecule has 1 saturated carbocycles. The van der Waals surface area contributed by atoms with Gasteiger partial charge in [-0.3, -0.25) is 9.20 Å². The van der Waals surface area contributed by atoms with Crippen molar-refractivity contribution in [3.8, 4) is 5.75 Å². The Morgan fingerprint density at radius 1 is 1.16 bits per heavy atom. The van der Waals surface area contributed by atoms with E-state index in [9.17, 15) is 9.59 Å². The molecular weight excluding hydrogens is 560 g/mol. The lowest BCUT2D eigenvalue weighted by Crippen LogP contribution is -2.46. The fourth-order valence-electron chi connectivity index (χ4n) is 4.26. The molecule has 2 heterocycles. The second-order valence-electron chi connectivity index (χ2n) is 8.82. The van der Waals surface area contributed by atoms with Crippen molar-refractivity contribution in [1.29, 1.82) is 0 Å². The largest absolute Gasteiger partial charge is 0.485 e. The number of likely N-dealkylation sites (N-methyl/N-ethyl adjacent to an activating group) is 1. The highest BCUT2D eigenvalue weighted by molar-refractivity contribution is 6.38. The topological polar surface area (TPSA) is 88.0 Å². The molecule has 200 valence electrons. The van der Waals surface area contributed by atoms with E-state index < -0.39 is 0 Å². The van der Waals surface area contributed by atoms with E-state index in [2.05, 4.69) is 15.6 Å². The van der Waals surface area contributed by atoms with Crippen molar-refractivity contribution >= 4 is 70.5 Å². The summed E-state index contributed by atoms with van der Waals surface area (Å²) in [6.45, 7) is 1.71. The van der Waals surface area contributed by atoms with Crippen LogP contribution in [0.15, 0.2) is 30.5 Å². The van der Waals surface area contributed by atoms with Gasteiger partial charge in [0, 0.05) is 29.9 Å². The lowest BCUT2D eigenvalue weighted by molar-refractivity contribution is -0.117. The highest BCUT2D eigenvalue weighted by atomic mass is 35.5. The molecule has 3 amide bonds. The number of imidazole rings is 1. The Hall–Kier alpha value is -2.39. The number of benzene rings is 1. The van der Waals surface area contributed by atoms with Crippen LogP contribution in [0, 0.1) is 6.92 Å². The molecule has 12 heteroatoms. The molecule has 0 bridgehead atoms. The second kappa shape index (κ2) is 12.9. The molecule has 0 radical (unpaired) electrons. The normalized spacial score (nSPS) is 13.6. The summed E-state index contributed by atoms with van der Waals surface area (Å²) in [5.74, 6) is 0.194. The number of fused-ring (bicyclic) bond motifs is 1. The molecule has 4 rings (SSSR count). The number of carbonyl (C=O) groups excluding carboxylic acids is 2. The Bertz CT molecular complexity index is 1280. The predicted molar refractivity (Wildman–Crippen MR) is 150 cm³/mol. The molecule has 3 aromatic rings. The number of rotatable bonds is 7. The molecule has 0 spiro atoms. The number of aromatic nitrogens is 2. The van der Waals surface area contributed by atoms with E-state index in [4.69, 9.17) is 39.5 Å². The number of hydrogen-bond acceptors (Lipinski definition) is 4. The molecule has 2 N–H and O–H groups in total. The van der Waals surface area contributed by atoms with Crippen LogP contribution < -0.4 is 20.3 Å². The van der Waals surface area contributed by atoms with Gasteiger partial charge in [0.1, 0.15) is 11.8 Å². The Kier molecular flexibility index (Phi) is 10.2. The van der Waals surface area contributed by atoms with E-state index in [1.54, 1.807) is 41.9 Å². The minimum absolute atomic E-state index is 0. The third kappa shape index (κ3) is 6.74. The summed E-state index contributed by atoms with van der Waals surface area (Å²) < 4.78 is 7.73. The number of aryl methyl sites for hydroxylation is 1. The Morgan fingerprint density at radius 2 is 1.89 bits per heavy atom. The summed E-state index contributed by atoms with van der Waals surface area (Å²) in [6.07, 6.45) is 7.15. The molecule has 0 aliphatic heterocycles. The SMILES string of the molecule is Cc1nc2c(OCc3c(Cl)ccc(N(C)C(=O)CNC(=O)NC4CCCCC4)c3Cl)cccn2c1Cl.Cl. The standard InChI is InChI=1S/C25H28Cl3N5O3.ClH/c1-15-23(28)33-12-6-9-20(24(33)30-15)36-14-17-18(26)10-11-19(22(17)27)32(2)21(34)13-29-25(35)31-16-7-4-3-5-8-16;/h6,9-12,16H,3-5,7-8,13-14H2,1-2H3,(H2,29,31,35);1H. The third-order valence-electron chi connectivity index (χ3n) is 6.33. The number of nitrogens with one attached hydrogen (secondary N) is 2. The van der Waals surface area contributed by atoms with Gasteiger partial charge in [-0.05, 0) is 44.0 Å². The van der Waals surface area contributed by atoms with Crippen molar-refractivity contribution in [1.82, 2.24) is 20.0 Å². The van der Waals surface area contributed by atoms with E-state index >= 15 is 0 Å². The van der Waals surface area contributed by atoms with Gasteiger partial charge < -0.3 is 20.3 Å². The number of nitrogens with zero attached hydrogens (tertiary/aromatic N) is 3. The maximum atomic E-state index is 12.8. The number of urea groups is 1. The summed E-state index contributed by atoms with van der Waals surface area (Å²) in [6, 6.07) is 6.72. The lowest BCUT2D eigenvalue weighted by atomic mass is 9.96. The molecule has 1 aliphatic carbocycles. The zero-order valence-electron chi connectivity index (χ0n) is 20.5. The number of pyridine rings is 1. The summed E-state index contributed by atoms with van der Waals surface area (Å²) in [5.41, 5.74) is 2.24. The highest BCUT2D eigenvalue weighted by Crippen LogP contribution is 2.35. The first-order chi connectivity index (χ1) is 17.3. The maximum absolute atomic E-state index is 12.8. The molecule has 0 unspecified atom stereocenters. The Balaban J connectivity index is 0.00000380. The first kappa shape index (κ1) is 29.2. The zero-order chi connectivity index (χ0) is 25.8. The Morgan fingerprint density at radius 3 is 2.62 bits per heavy atom. The van der Waals surface area contributed by atoms with Crippen LogP contribution in [0.1, 0.15) is 43.4 Å². The van der Waals surface area contributed by atoms with Gasteiger partial charge in [0.15, 0.2) is 11.4 Å². The van der Waals surface area contributed by atoms with E-state index in [1.165, 1.54) is 11.3 Å². The van der Waals surface area contributed by atoms with Gasteiger partial charge >= 0.3 is 6.03 Å². The second-order valence-corrected chi connectivity index (χ2v) is 9.96. The lowest BCUT2D eigenvalue weighted by Gasteiger charge is -2.24. The van der Waals surface area contributed by atoms with Crippen LogP contribution in [0.4, 0.5) is 10.5 Å². The molecule has 2 aromatic heterocycles. The highest BCUT2D eigenvalue weighted by Gasteiger charge is 2.21. The van der Waals surface area contributed by atoms with Gasteiger partial charge in [-0.1, -0.05) is 54.1 Å². The molecule has 1 aliphatic rings. The number of halogens is 4. The molecule has 1 fully saturated rings. The van der Waals surface area contributed by atoms with Crippen LogP contribution in [0.5, 0.6) is 5.75 Å². The molecule has 1 aromatic carbocycles. The van der Waals surface area contributed by atoms with E-state index in [1.807, 2.05) is 6.92 Å². The molecule has 0 atom stereocenters. The average Bonchev–Trinajstić information content (AvgIpc) is 3.16. The molecule has 0 saturated heterocycles. The number of anilines is 1. The van der Waals surface area contributed by atoms with Crippen LogP contribution in [-0.2, 0) is 11.4 Å². The van der Waals surface area contributed by atoms with Crippen molar-refractivity contribution in [2.45, 2.75) is 51.7 Å². The minimum atomic E-state index is -0.344. The first-order valence-corrected chi connectivity index (χ1v) is 12.9.